The normalized spacial score (nSPS) is 20.9. The Balaban J connectivity index is 1.51. The van der Waals surface area contributed by atoms with E-state index in [1.165, 1.54) is 0 Å². The van der Waals surface area contributed by atoms with Gasteiger partial charge >= 0.3 is 0 Å². The summed E-state index contributed by atoms with van der Waals surface area (Å²) >= 11 is 3.45. The van der Waals surface area contributed by atoms with Gasteiger partial charge in [0.1, 0.15) is 5.69 Å². The average Bonchev–Trinajstić information content (AvgIpc) is 3.14. The van der Waals surface area contributed by atoms with Crippen molar-refractivity contribution in [3.05, 3.63) is 34.4 Å². The molecule has 2 aliphatic heterocycles. The molecule has 3 heterocycles. The first-order valence-electron chi connectivity index (χ1n) is 7.51. The van der Waals surface area contributed by atoms with E-state index >= 15 is 0 Å². The Morgan fingerprint density at radius 1 is 1.18 bits per heavy atom. The van der Waals surface area contributed by atoms with Crippen LogP contribution in [0.1, 0.15) is 23.3 Å². The van der Waals surface area contributed by atoms with Crippen molar-refractivity contribution in [2.45, 2.75) is 18.6 Å². The summed E-state index contributed by atoms with van der Waals surface area (Å²) in [5, 5.41) is 1.04. The van der Waals surface area contributed by atoms with Crippen LogP contribution in [-0.2, 0) is 9.47 Å². The third kappa shape index (κ3) is 2.45. The van der Waals surface area contributed by atoms with Crippen molar-refractivity contribution in [2.24, 2.45) is 0 Å². The van der Waals surface area contributed by atoms with Crippen LogP contribution in [0.4, 0.5) is 0 Å². The zero-order chi connectivity index (χ0) is 15.2. The number of carbonyl (C=O) groups excluding carboxylic acids is 1. The summed E-state index contributed by atoms with van der Waals surface area (Å²) in [6, 6.07) is 7.87. The van der Waals surface area contributed by atoms with Crippen LogP contribution >= 0.6 is 15.9 Å². The highest BCUT2D eigenvalue weighted by Gasteiger charge is 2.41. The molecule has 0 radical (unpaired) electrons. The van der Waals surface area contributed by atoms with Crippen LogP contribution in [0.3, 0.4) is 0 Å². The van der Waals surface area contributed by atoms with E-state index in [1.807, 2.05) is 29.2 Å². The van der Waals surface area contributed by atoms with Gasteiger partial charge in [0.25, 0.3) is 5.91 Å². The lowest BCUT2D eigenvalue weighted by Gasteiger charge is -2.37. The highest BCUT2D eigenvalue weighted by molar-refractivity contribution is 9.10. The van der Waals surface area contributed by atoms with Gasteiger partial charge in [0, 0.05) is 41.3 Å². The maximum Gasteiger partial charge on any atom is 0.270 e. The van der Waals surface area contributed by atoms with E-state index in [2.05, 4.69) is 20.9 Å². The molecule has 2 aromatic rings. The van der Waals surface area contributed by atoms with E-state index in [0.29, 0.717) is 32.0 Å². The number of piperidine rings is 1. The molecule has 1 N–H and O–H groups in total. The highest BCUT2D eigenvalue weighted by Crippen LogP contribution is 2.32. The number of aromatic amines is 1. The number of nitrogens with one attached hydrogen (secondary N) is 1. The topological polar surface area (TPSA) is 54.6 Å². The molecule has 1 aromatic carbocycles. The predicted octanol–water partition coefficient (Wildman–Crippen LogP) is 2.91. The Morgan fingerprint density at radius 3 is 2.64 bits per heavy atom. The van der Waals surface area contributed by atoms with E-state index in [9.17, 15) is 4.79 Å². The Hall–Kier alpha value is -1.37. The molecule has 2 saturated heterocycles. The first-order valence-corrected chi connectivity index (χ1v) is 8.30. The standard InChI is InChI=1S/C16H17BrN2O3/c17-12-2-1-11-9-14(18-13(11)10-12)15(20)19-5-3-16(4-6-19)21-7-8-22-16/h1-2,9-10,18H,3-8H2. The minimum atomic E-state index is -0.442. The fourth-order valence-electron chi connectivity index (χ4n) is 3.22. The summed E-state index contributed by atoms with van der Waals surface area (Å²) in [6.07, 6.45) is 1.48. The molecule has 4 rings (SSSR count). The van der Waals surface area contributed by atoms with Gasteiger partial charge in [-0.25, -0.2) is 0 Å². The molecule has 5 nitrogen and oxygen atoms in total. The van der Waals surface area contributed by atoms with Crippen LogP contribution < -0.4 is 0 Å². The van der Waals surface area contributed by atoms with Crippen LogP contribution in [0.15, 0.2) is 28.7 Å². The number of hydrogen-bond acceptors (Lipinski definition) is 3. The molecule has 6 heteroatoms. The highest BCUT2D eigenvalue weighted by atomic mass is 79.9. The third-order valence-electron chi connectivity index (χ3n) is 4.44. The number of hydrogen-bond donors (Lipinski definition) is 1. The number of carbonyl (C=O) groups is 1. The first kappa shape index (κ1) is 14.2. The molecule has 0 bridgehead atoms. The Morgan fingerprint density at radius 2 is 1.91 bits per heavy atom. The Bertz CT molecular complexity index is 711. The van der Waals surface area contributed by atoms with Crippen molar-refractivity contribution in [1.29, 1.82) is 0 Å². The van der Waals surface area contributed by atoms with Gasteiger partial charge in [-0.05, 0) is 18.2 Å². The quantitative estimate of drug-likeness (QED) is 0.846. The van der Waals surface area contributed by atoms with Crippen LogP contribution in [0.25, 0.3) is 10.9 Å². The summed E-state index contributed by atoms with van der Waals surface area (Å²) in [7, 11) is 0. The predicted molar refractivity (Wildman–Crippen MR) is 85.8 cm³/mol. The van der Waals surface area contributed by atoms with E-state index < -0.39 is 5.79 Å². The molecule has 0 aliphatic carbocycles. The second-order valence-electron chi connectivity index (χ2n) is 5.81. The van der Waals surface area contributed by atoms with E-state index in [1.54, 1.807) is 0 Å². The molecule has 1 aromatic heterocycles. The molecular formula is C16H17BrN2O3. The van der Waals surface area contributed by atoms with Crippen molar-refractivity contribution in [3.63, 3.8) is 0 Å². The van der Waals surface area contributed by atoms with Gasteiger partial charge in [0.2, 0.25) is 0 Å². The zero-order valence-electron chi connectivity index (χ0n) is 12.1. The number of halogens is 1. The number of nitrogens with zero attached hydrogens (tertiary/aromatic N) is 1. The summed E-state index contributed by atoms with van der Waals surface area (Å²) in [5.41, 5.74) is 1.60. The maximum atomic E-state index is 12.7. The molecule has 22 heavy (non-hydrogen) atoms. The number of ether oxygens (including phenoxy) is 2. The number of amides is 1. The monoisotopic (exact) mass is 364 g/mol. The van der Waals surface area contributed by atoms with Gasteiger partial charge in [-0.1, -0.05) is 22.0 Å². The number of aromatic nitrogens is 1. The molecule has 0 unspecified atom stereocenters. The fourth-order valence-corrected chi connectivity index (χ4v) is 3.58. The number of fused-ring (bicyclic) bond motifs is 1. The fraction of sp³-hybridized carbons (Fsp3) is 0.438. The van der Waals surface area contributed by atoms with Crippen molar-refractivity contribution in [1.82, 2.24) is 9.88 Å². The lowest BCUT2D eigenvalue weighted by atomic mass is 10.0. The molecule has 1 spiro atoms. The van der Waals surface area contributed by atoms with Gasteiger partial charge in [-0.2, -0.15) is 0 Å². The second-order valence-corrected chi connectivity index (χ2v) is 6.73. The molecule has 0 saturated carbocycles. The van der Waals surface area contributed by atoms with Crippen molar-refractivity contribution >= 4 is 32.7 Å². The second kappa shape index (κ2) is 5.37. The SMILES string of the molecule is O=C(c1cc2ccc(Br)cc2[nH]1)N1CCC2(CC1)OCCO2. The van der Waals surface area contributed by atoms with Crippen LogP contribution in [0.2, 0.25) is 0 Å². The van der Waals surface area contributed by atoms with Gasteiger partial charge in [-0.15, -0.1) is 0 Å². The van der Waals surface area contributed by atoms with Crippen molar-refractivity contribution in [3.8, 4) is 0 Å². The molecule has 2 fully saturated rings. The molecule has 116 valence electrons. The van der Waals surface area contributed by atoms with Crippen molar-refractivity contribution in [2.75, 3.05) is 26.3 Å². The van der Waals surface area contributed by atoms with E-state index in [4.69, 9.17) is 9.47 Å². The van der Waals surface area contributed by atoms with Crippen LogP contribution in [0.5, 0.6) is 0 Å². The zero-order valence-corrected chi connectivity index (χ0v) is 13.7. The van der Waals surface area contributed by atoms with Crippen LogP contribution in [-0.4, -0.2) is 47.9 Å². The minimum Gasteiger partial charge on any atom is -0.350 e. The Kier molecular flexibility index (Phi) is 3.47. The summed E-state index contributed by atoms with van der Waals surface area (Å²) < 4.78 is 12.4. The van der Waals surface area contributed by atoms with Gasteiger partial charge in [-0.3, -0.25) is 4.79 Å². The minimum absolute atomic E-state index is 0.0418. The van der Waals surface area contributed by atoms with Gasteiger partial charge in [0.15, 0.2) is 5.79 Å². The van der Waals surface area contributed by atoms with Gasteiger partial charge < -0.3 is 19.4 Å². The lowest BCUT2D eigenvalue weighted by Crippen LogP contribution is -2.47. The summed E-state index contributed by atoms with van der Waals surface area (Å²) in [5.74, 6) is -0.401. The molecule has 2 aliphatic rings. The third-order valence-corrected chi connectivity index (χ3v) is 4.93. The summed E-state index contributed by atoms with van der Waals surface area (Å²) in [6.45, 7) is 2.64. The number of rotatable bonds is 1. The van der Waals surface area contributed by atoms with E-state index in [0.717, 1.165) is 28.2 Å². The lowest BCUT2D eigenvalue weighted by molar-refractivity contribution is -0.181. The maximum absolute atomic E-state index is 12.7. The molecular weight excluding hydrogens is 348 g/mol. The van der Waals surface area contributed by atoms with Crippen LogP contribution in [0, 0.1) is 0 Å². The number of H-pyrrole nitrogens is 1. The van der Waals surface area contributed by atoms with Gasteiger partial charge in [0.05, 0.1) is 13.2 Å². The smallest absolute Gasteiger partial charge is 0.270 e. The number of benzene rings is 1. The van der Waals surface area contributed by atoms with E-state index in [-0.39, 0.29) is 5.91 Å². The molecule has 1 amide bonds. The number of likely N-dealkylation sites (tertiary alicyclic amines) is 1. The first-order chi connectivity index (χ1) is 10.7. The summed E-state index contributed by atoms with van der Waals surface area (Å²) in [4.78, 5) is 17.7. The van der Waals surface area contributed by atoms with Crippen molar-refractivity contribution < 1.29 is 14.3 Å². The molecule has 0 atom stereocenters. The average molecular weight is 365 g/mol. The largest absolute Gasteiger partial charge is 0.350 e. The Labute approximate surface area is 136 Å².